The lowest BCUT2D eigenvalue weighted by atomic mass is 9.43. The van der Waals surface area contributed by atoms with Crippen LogP contribution in [-0.2, 0) is 5.41 Å². The van der Waals surface area contributed by atoms with E-state index in [1.54, 1.807) is 11.1 Å². The van der Waals surface area contributed by atoms with Gasteiger partial charge in [0.1, 0.15) is 0 Å². The molecule has 4 bridgehead atoms. The van der Waals surface area contributed by atoms with Crippen LogP contribution in [0.5, 0.6) is 0 Å². The van der Waals surface area contributed by atoms with Gasteiger partial charge in [0.05, 0.1) is 11.4 Å². The van der Waals surface area contributed by atoms with E-state index in [0.29, 0.717) is 0 Å². The minimum absolute atomic E-state index is 0.129. The van der Waals surface area contributed by atoms with Crippen LogP contribution < -0.4 is 4.90 Å². The minimum atomic E-state index is 0.129. The molecule has 0 aliphatic heterocycles. The van der Waals surface area contributed by atoms with Crippen molar-refractivity contribution in [1.82, 2.24) is 0 Å². The molecule has 0 atom stereocenters. The molecule has 7 aromatic carbocycles. The number of benzene rings is 7. The lowest BCUT2D eigenvalue weighted by molar-refractivity contribution is -0.0399. The second kappa shape index (κ2) is 10.4. The molecule has 4 saturated carbocycles. The number of hydrogen-bond donors (Lipinski definition) is 0. The van der Waals surface area contributed by atoms with Crippen molar-refractivity contribution in [3.05, 3.63) is 163 Å². The van der Waals surface area contributed by atoms with Gasteiger partial charge in [0.25, 0.3) is 0 Å². The molecule has 0 amide bonds. The number of fused-ring (bicyclic) bond motifs is 6. The summed E-state index contributed by atoms with van der Waals surface area (Å²) in [6.45, 7) is 0. The van der Waals surface area contributed by atoms with Crippen LogP contribution in [0.4, 0.5) is 17.1 Å². The molecule has 4 fully saturated rings. The van der Waals surface area contributed by atoms with Crippen molar-refractivity contribution in [2.75, 3.05) is 4.90 Å². The molecule has 1 nitrogen and oxygen atoms in total. The summed E-state index contributed by atoms with van der Waals surface area (Å²) in [5.74, 6) is 3.33. The van der Waals surface area contributed by atoms with Crippen molar-refractivity contribution in [3.8, 4) is 22.3 Å². The maximum Gasteiger partial charge on any atom is 0.0546 e. The summed E-state index contributed by atoms with van der Waals surface area (Å²) in [5.41, 5.74) is 12.4. The van der Waals surface area contributed by atoms with Crippen molar-refractivity contribution in [2.45, 2.75) is 37.5 Å². The Kier molecular flexibility index (Phi) is 5.91. The van der Waals surface area contributed by atoms with Crippen molar-refractivity contribution in [1.29, 1.82) is 0 Å². The molecular weight excluding hydrogens is 591 g/mol. The van der Waals surface area contributed by atoms with Gasteiger partial charge in [-0.2, -0.15) is 0 Å². The Morgan fingerprint density at radius 1 is 0.449 bits per heavy atom. The highest BCUT2D eigenvalue weighted by molar-refractivity contribution is 6.15. The first-order valence-electron chi connectivity index (χ1n) is 18.4. The first kappa shape index (κ1) is 27.8. The van der Waals surface area contributed by atoms with Gasteiger partial charge in [-0.25, -0.2) is 0 Å². The molecule has 1 spiro atoms. The first-order chi connectivity index (χ1) is 24.3. The lowest BCUT2D eigenvalue weighted by Crippen LogP contribution is -2.55. The van der Waals surface area contributed by atoms with Gasteiger partial charge in [0.2, 0.25) is 0 Å². The van der Waals surface area contributed by atoms with Crippen LogP contribution >= 0.6 is 0 Å². The van der Waals surface area contributed by atoms with Crippen LogP contribution in [0.25, 0.3) is 43.8 Å². The third kappa shape index (κ3) is 3.88. The molecule has 49 heavy (non-hydrogen) atoms. The Morgan fingerprint density at radius 2 is 1.06 bits per heavy atom. The van der Waals surface area contributed by atoms with Crippen LogP contribution in [0.3, 0.4) is 0 Å². The smallest absolute Gasteiger partial charge is 0.0546 e. The van der Waals surface area contributed by atoms with E-state index in [0.717, 1.165) is 23.7 Å². The van der Waals surface area contributed by atoms with E-state index in [2.05, 4.69) is 157 Å². The topological polar surface area (TPSA) is 3.24 Å². The Balaban J connectivity index is 1.19. The minimum Gasteiger partial charge on any atom is -0.309 e. The summed E-state index contributed by atoms with van der Waals surface area (Å²) in [5, 5.41) is 5.15. The fourth-order valence-electron chi connectivity index (χ4n) is 11.4. The van der Waals surface area contributed by atoms with Crippen molar-refractivity contribution >= 4 is 38.6 Å². The van der Waals surface area contributed by atoms with Crippen LogP contribution in [-0.4, -0.2) is 0 Å². The molecule has 236 valence electrons. The van der Waals surface area contributed by atoms with Crippen molar-refractivity contribution in [3.63, 3.8) is 0 Å². The zero-order valence-electron chi connectivity index (χ0n) is 27.7. The molecule has 0 N–H and O–H groups in total. The Hall–Kier alpha value is -5.14. The summed E-state index contributed by atoms with van der Waals surface area (Å²) < 4.78 is 0. The first-order valence-corrected chi connectivity index (χ1v) is 18.4. The van der Waals surface area contributed by atoms with Crippen LogP contribution in [0, 0.1) is 23.7 Å². The third-order valence-electron chi connectivity index (χ3n) is 13.0. The average Bonchev–Trinajstić information content (AvgIpc) is 3.46. The average molecular weight is 630 g/mol. The van der Waals surface area contributed by atoms with E-state index in [9.17, 15) is 0 Å². The van der Waals surface area contributed by atoms with Gasteiger partial charge in [-0.1, -0.05) is 127 Å². The van der Waals surface area contributed by atoms with Gasteiger partial charge in [0.15, 0.2) is 0 Å². The molecule has 0 unspecified atom stereocenters. The second-order valence-electron chi connectivity index (χ2n) is 15.3. The van der Waals surface area contributed by atoms with Crippen molar-refractivity contribution in [2.24, 2.45) is 23.7 Å². The molecule has 5 aliphatic carbocycles. The predicted octanol–water partition coefficient (Wildman–Crippen LogP) is 12.9. The standard InChI is InChI=1S/C48H39N/c1-2-11-33(12-3-1)34-21-23-38(24-22-34)49(46-30-35-13-4-5-14-39(35)40-15-6-7-16-41(40)46)45-20-10-19-44-47(45)42-17-8-9-18-43(42)48(44)36-26-31-25-32(28-36)29-37(48)27-31/h1-24,30-32,36-37H,25-29H2. The predicted molar refractivity (Wildman–Crippen MR) is 205 cm³/mol. The van der Waals surface area contributed by atoms with E-state index >= 15 is 0 Å². The molecule has 1 heteroatoms. The monoisotopic (exact) mass is 629 g/mol. The number of hydrogen-bond acceptors (Lipinski definition) is 1. The molecule has 5 aliphatic rings. The van der Waals surface area contributed by atoms with Gasteiger partial charge in [0, 0.05) is 22.1 Å². The SMILES string of the molecule is c1ccc(-c2ccc(N(c3cccc4c3-c3ccccc3C43C4CC5CC(C4)CC3C5)c3cc4ccccc4c4ccccc34)cc2)cc1. The number of nitrogens with zero attached hydrogens (tertiary/aromatic N) is 1. The van der Waals surface area contributed by atoms with Gasteiger partial charge in [-0.3, -0.25) is 0 Å². The zero-order valence-corrected chi connectivity index (χ0v) is 27.7. The number of rotatable bonds is 4. The fourth-order valence-corrected chi connectivity index (χ4v) is 11.4. The fraction of sp³-hybridized carbons (Fsp3) is 0.208. The lowest BCUT2D eigenvalue weighted by Gasteiger charge is -2.61. The Labute approximate surface area is 288 Å². The van der Waals surface area contributed by atoms with Gasteiger partial charge < -0.3 is 4.90 Å². The maximum absolute atomic E-state index is 2.59. The van der Waals surface area contributed by atoms with Crippen LogP contribution in [0.2, 0.25) is 0 Å². The van der Waals surface area contributed by atoms with Crippen molar-refractivity contribution < 1.29 is 0 Å². The normalized spacial score (nSPS) is 24.4. The van der Waals surface area contributed by atoms with Crippen LogP contribution in [0.15, 0.2) is 152 Å². The highest BCUT2D eigenvalue weighted by Crippen LogP contribution is 2.70. The molecule has 0 heterocycles. The molecule has 0 radical (unpaired) electrons. The number of anilines is 3. The van der Waals surface area contributed by atoms with E-state index in [1.807, 2.05) is 0 Å². The highest BCUT2D eigenvalue weighted by atomic mass is 15.1. The summed E-state index contributed by atoms with van der Waals surface area (Å²) in [6, 6.07) is 57.2. The third-order valence-corrected chi connectivity index (χ3v) is 13.0. The highest BCUT2D eigenvalue weighted by Gasteiger charge is 2.61. The van der Waals surface area contributed by atoms with E-state index < -0.39 is 0 Å². The van der Waals surface area contributed by atoms with E-state index in [1.165, 1.54) is 93.0 Å². The van der Waals surface area contributed by atoms with E-state index in [-0.39, 0.29) is 5.41 Å². The molecule has 0 saturated heterocycles. The summed E-state index contributed by atoms with van der Waals surface area (Å²) in [7, 11) is 0. The Morgan fingerprint density at radius 3 is 1.84 bits per heavy atom. The summed E-state index contributed by atoms with van der Waals surface area (Å²) >= 11 is 0. The second-order valence-corrected chi connectivity index (χ2v) is 15.3. The zero-order chi connectivity index (χ0) is 32.1. The maximum atomic E-state index is 2.59. The van der Waals surface area contributed by atoms with Gasteiger partial charge in [-0.05, 0) is 124 Å². The largest absolute Gasteiger partial charge is 0.309 e. The van der Waals surface area contributed by atoms with Crippen LogP contribution in [0.1, 0.15) is 43.2 Å². The summed E-state index contributed by atoms with van der Waals surface area (Å²) in [4.78, 5) is 2.59. The molecular formula is C48H39N. The van der Waals surface area contributed by atoms with E-state index in [4.69, 9.17) is 0 Å². The molecule has 12 rings (SSSR count). The quantitative estimate of drug-likeness (QED) is 0.175. The Bertz CT molecular complexity index is 2370. The van der Waals surface area contributed by atoms with Gasteiger partial charge >= 0.3 is 0 Å². The molecule has 7 aromatic rings. The van der Waals surface area contributed by atoms with Gasteiger partial charge in [-0.15, -0.1) is 0 Å². The summed E-state index contributed by atoms with van der Waals surface area (Å²) in [6.07, 6.45) is 7.05. The molecule has 0 aromatic heterocycles.